The summed E-state index contributed by atoms with van der Waals surface area (Å²) in [6, 6.07) is 29.4. The van der Waals surface area contributed by atoms with Crippen molar-refractivity contribution >= 4 is 11.9 Å². The van der Waals surface area contributed by atoms with E-state index in [0.29, 0.717) is 19.5 Å². The molecule has 0 atom stereocenters. The lowest BCUT2D eigenvalue weighted by Gasteiger charge is -2.21. The van der Waals surface area contributed by atoms with Gasteiger partial charge in [-0.15, -0.1) is 0 Å². The van der Waals surface area contributed by atoms with Gasteiger partial charge in [0.25, 0.3) is 0 Å². The fraction of sp³-hybridized carbons (Fsp3) is 0.286. The standard InChI is InChI=1S/C28H32N4O/c1-29-28(30-19-24-15-8-9-16-25(24)21-32-18-10-17-27(32)33)31-20-26(22-11-4-2-5-12-22)23-13-6-3-7-14-23/h2-9,11-16,26H,10,17-21H2,1H3,(H2,29,30,31). The van der Waals surface area contributed by atoms with Crippen molar-refractivity contribution in [3.63, 3.8) is 0 Å². The molecule has 1 heterocycles. The molecule has 5 nitrogen and oxygen atoms in total. The van der Waals surface area contributed by atoms with Crippen molar-refractivity contribution in [3.05, 3.63) is 107 Å². The van der Waals surface area contributed by atoms with Gasteiger partial charge in [-0.1, -0.05) is 84.9 Å². The first-order valence-corrected chi connectivity index (χ1v) is 11.6. The third-order valence-corrected chi connectivity index (χ3v) is 6.20. The number of rotatable bonds is 8. The number of aliphatic imine (C=N–C) groups is 1. The zero-order valence-corrected chi connectivity index (χ0v) is 19.2. The normalized spacial score (nSPS) is 14.1. The second-order valence-corrected chi connectivity index (χ2v) is 8.37. The van der Waals surface area contributed by atoms with Crippen LogP contribution in [0.1, 0.15) is 41.0 Å². The van der Waals surface area contributed by atoms with E-state index in [-0.39, 0.29) is 11.8 Å². The van der Waals surface area contributed by atoms with Crippen LogP contribution in [0.5, 0.6) is 0 Å². The Morgan fingerprint density at radius 1 is 0.879 bits per heavy atom. The fourth-order valence-corrected chi connectivity index (χ4v) is 4.36. The monoisotopic (exact) mass is 440 g/mol. The van der Waals surface area contributed by atoms with Crippen LogP contribution >= 0.6 is 0 Å². The number of hydrogen-bond donors (Lipinski definition) is 2. The van der Waals surface area contributed by atoms with E-state index in [9.17, 15) is 4.79 Å². The summed E-state index contributed by atoms with van der Waals surface area (Å²) in [6.07, 6.45) is 1.63. The molecule has 0 unspecified atom stereocenters. The predicted molar refractivity (Wildman–Crippen MR) is 134 cm³/mol. The zero-order valence-electron chi connectivity index (χ0n) is 19.2. The van der Waals surface area contributed by atoms with Crippen molar-refractivity contribution in [2.75, 3.05) is 20.1 Å². The van der Waals surface area contributed by atoms with E-state index >= 15 is 0 Å². The van der Waals surface area contributed by atoms with Crippen LogP contribution in [0, 0.1) is 0 Å². The number of nitrogens with one attached hydrogen (secondary N) is 2. The first-order valence-electron chi connectivity index (χ1n) is 11.6. The van der Waals surface area contributed by atoms with Crippen LogP contribution in [-0.4, -0.2) is 36.9 Å². The quantitative estimate of drug-likeness (QED) is 0.405. The SMILES string of the molecule is CN=C(NCc1ccccc1CN1CCCC1=O)NCC(c1ccccc1)c1ccccc1. The van der Waals surface area contributed by atoms with Crippen molar-refractivity contribution in [1.29, 1.82) is 0 Å². The first-order chi connectivity index (χ1) is 16.2. The maximum atomic E-state index is 12.1. The van der Waals surface area contributed by atoms with Gasteiger partial charge >= 0.3 is 0 Å². The molecular formula is C28H32N4O. The average Bonchev–Trinajstić information content (AvgIpc) is 3.27. The van der Waals surface area contributed by atoms with E-state index in [1.165, 1.54) is 22.3 Å². The second kappa shape index (κ2) is 11.3. The number of carbonyl (C=O) groups excluding carboxylic acids is 1. The van der Waals surface area contributed by atoms with Crippen LogP contribution in [0.25, 0.3) is 0 Å². The second-order valence-electron chi connectivity index (χ2n) is 8.37. The molecule has 2 N–H and O–H groups in total. The number of guanidine groups is 1. The molecule has 0 spiro atoms. The summed E-state index contributed by atoms with van der Waals surface area (Å²) in [4.78, 5) is 18.5. The Balaban J connectivity index is 1.40. The Bertz CT molecular complexity index is 1030. The average molecular weight is 441 g/mol. The molecule has 170 valence electrons. The van der Waals surface area contributed by atoms with Crippen LogP contribution in [0.15, 0.2) is 89.9 Å². The van der Waals surface area contributed by atoms with Crippen LogP contribution in [0.3, 0.4) is 0 Å². The topological polar surface area (TPSA) is 56.7 Å². The van der Waals surface area contributed by atoms with Crippen molar-refractivity contribution in [2.24, 2.45) is 4.99 Å². The van der Waals surface area contributed by atoms with Crippen molar-refractivity contribution < 1.29 is 4.79 Å². The third kappa shape index (κ3) is 6.01. The molecule has 0 radical (unpaired) electrons. The highest BCUT2D eigenvalue weighted by Crippen LogP contribution is 2.23. The van der Waals surface area contributed by atoms with Gasteiger partial charge in [0.05, 0.1) is 0 Å². The van der Waals surface area contributed by atoms with Crippen LogP contribution < -0.4 is 10.6 Å². The van der Waals surface area contributed by atoms with Crippen molar-refractivity contribution in [1.82, 2.24) is 15.5 Å². The summed E-state index contributed by atoms with van der Waals surface area (Å²) in [7, 11) is 1.80. The van der Waals surface area contributed by atoms with Gasteiger partial charge in [-0.2, -0.15) is 0 Å². The summed E-state index contributed by atoms with van der Waals surface area (Å²) in [5.74, 6) is 1.24. The maximum Gasteiger partial charge on any atom is 0.222 e. The van der Waals surface area contributed by atoms with E-state index < -0.39 is 0 Å². The highest BCUT2D eigenvalue weighted by Gasteiger charge is 2.21. The lowest BCUT2D eigenvalue weighted by atomic mass is 9.91. The van der Waals surface area contributed by atoms with Crippen LogP contribution in [-0.2, 0) is 17.9 Å². The molecule has 0 aromatic heterocycles. The molecule has 3 aromatic rings. The molecule has 33 heavy (non-hydrogen) atoms. The largest absolute Gasteiger partial charge is 0.355 e. The molecule has 3 aromatic carbocycles. The Morgan fingerprint density at radius 3 is 2.06 bits per heavy atom. The number of benzene rings is 3. The summed E-state index contributed by atoms with van der Waals surface area (Å²) in [5.41, 5.74) is 4.91. The minimum atomic E-state index is 0.222. The Morgan fingerprint density at radius 2 is 1.48 bits per heavy atom. The molecule has 0 bridgehead atoms. The first kappa shape index (κ1) is 22.6. The van der Waals surface area contributed by atoms with E-state index in [1.807, 2.05) is 29.2 Å². The minimum absolute atomic E-state index is 0.222. The smallest absolute Gasteiger partial charge is 0.222 e. The lowest BCUT2D eigenvalue weighted by Crippen LogP contribution is -2.39. The molecule has 1 aliphatic rings. The summed E-state index contributed by atoms with van der Waals surface area (Å²) in [6.45, 7) is 2.91. The van der Waals surface area contributed by atoms with Crippen LogP contribution in [0.4, 0.5) is 0 Å². The fourth-order valence-electron chi connectivity index (χ4n) is 4.36. The molecule has 5 heteroatoms. The zero-order chi connectivity index (χ0) is 22.9. The minimum Gasteiger partial charge on any atom is -0.355 e. The van der Waals surface area contributed by atoms with Crippen molar-refractivity contribution in [2.45, 2.75) is 31.8 Å². The van der Waals surface area contributed by atoms with E-state index in [1.54, 1.807) is 7.05 Å². The lowest BCUT2D eigenvalue weighted by molar-refractivity contribution is -0.128. The van der Waals surface area contributed by atoms with Gasteiger partial charge in [0.2, 0.25) is 5.91 Å². The summed E-state index contributed by atoms with van der Waals surface area (Å²) < 4.78 is 0. The molecule has 1 fully saturated rings. The van der Waals surface area contributed by atoms with Gasteiger partial charge in [-0.05, 0) is 28.7 Å². The molecular weight excluding hydrogens is 408 g/mol. The van der Waals surface area contributed by atoms with E-state index in [0.717, 1.165) is 25.5 Å². The molecule has 1 saturated heterocycles. The molecule has 0 saturated carbocycles. The van der Waals surface area contributed by atoms with Gasteiger partial charge < -0.3 is 15.5 Å². The number of carbonyl (C=O) groups is 1. The highest BCUT2D eigenvalue weighted by molar-refractivity contribution is 5.80. The van der Waals surface area contributed by atoms with Gasteiger partial charge in [-0.25, -0.2) is 0 Å². The molecule has 1 aliphatic heterocycles. The maximum absolute atomic E-state index is 12.1. The third-order valence-electron chi connectivity index (χ3n) is 6.20. The van der Waals surface area contributed by atoms with Gasteiger partial charge in [0, 0.05) is 45.6 Å². The van der Waals surface area contributed by atoms with Gasteiger partial charge in [0.15, 0.2) is 5.96 Å². The Hall–Kier alpha value is -3.60. The van der Waals surface area contributed by atoms with Crippen LogP contribution in [0.2, 0.25) is 0 Å². The number of amides is 1. The summed E-state index contributed by atoms with van der Waals surface area (Å²) >= 11 is 0. The van der Waals surface area contributed by atoms with Crippen molar-refractivity contribution in [3.8, 4) is 0 Å². The molecule has 0 aliphatic carbocycles. The Labute approximate surface area is 196 Å². The number of likely N-dealkylation sites (tertiary alicyclic amines) is 1. The highest BCUT2D eigenvalue weighted by atomic mass is 16.2. The number of nitrogens with zero attached hydrogens (tertiary/aromatic N) is 2. The number of hydrogen-bond acceptors (Lipinski definition) is 2. The molecule has 1 amide bonds. The van der Waals surface area contributed by atoms with Gasteiger partial charge in [-0.3, -0.25) is 9.79 Å². The predicted octanol–water partition coefficient (Wildman–Crippen LogP) is 4.31. The van der Waals surface area contributed by atoms with E-state index in [2.05, 4.69) is 76.3 Å². The molecule has 4 rings (SSSR count). The Kier molecular flexibility index (Phi) is 7.75. The van der Waals surface area contributed by atoms with Gasteiger partial charge in [0.1, 0.15) is 0 Å². The summed E-state index contributed by atoms with van der Waals surface area (Å²) in [5, 5.41) is 6.97. The van der Waals surface area contributed by atoms with E-state index in [4.69, 9.17) is 0 Å².